The maximum Gasteiger partial charge on any atom is 0.337 e. The second-order valence-corrected chi connectivity index (χ2v) is 6.74. The molecular formula is C22H22N2O5. The number of anilines is 1. The standard InChI is InChI=1S/C22H22N2O5/c1-3-4-9-18(24-20(26)16-7-5-6-8-17(16)21(24)27)19(25)23-15-12-10-14(11-13-15)22(28)29-2/h5-8,10-13,18H,3-4,9H2,1-2H3,(H,23,25)/t18-/m1/s1. The van der Waals surface area contributed by atoms with Gasteiger partial charge in [0.25, 0.3) is 11.8 Å². The van der Waals surface area contributed by atoms with E-state index in [-0.39, 0.29) is 0 Å². The third-order valence-corrected chi connectivity index (χ3v) is 4.84. The molecule has 1 atom stereocenters. The number of nitrogens with one attached hydrogen (secondary N) is 1. The van der Waals surface area contributed by atoms with Gasteiger partial charge in [0, 0.05) is 5.69 Å². The van der Waals surface area contributed by atoms with Crippen LogP contribution in [0.2, 0.25) is 0 Å². The Morgan fingerprint density at radius 1 is 1.00 bits per heavy atom. The molecule has 3 amide bonds. The first-order valence-electron chi connectivity index (χ1n) is 9.44. The molecule has 0 fully saturated rings. The molecule has 2 aromatic rings. The molecule has 0 saturated carbocycles. The van der Waals surface area contributed by atoms with Gasteiger partial charge in [-0.2, -0.15) is 0 Å². The first kappa shape index (κ1) is 20.3. The first-order chi connectivity index (χ1) is 14.0. The van der Waals surface area contributed by atoms with Gasteiger partial charge >= 0.3 is 5.97 Å². The maximum absolute atomic E-state index is 13.0. The highest BCUT2D eigenvalue weighted by atomic mass is 16.5. The largest absolute Gasteiger partial charge is 0.465 e. The van der Waals surface area contributed by atoms with Crippen molar-refractivity contribution >= 4 is 29.4 Å². The van der Waals surface area contributed by atoms with Crippen molar-refractivity contribution in [2.75, 3.05) is 12.4 Å². The molecule has 1 aliphatic heterocycles. The van der Waals surface area contributed by atoms with Crippen molar-refractivity contribution in [3.63, 3.8) is 0 Å². The van der Waals surface area contributed by atoms with Crippen molar-refractivity contribution < 1.29 is 23.9 Å². The Labute approximate surface area is 168 Å². The molecule has 1 N–H and O–H groups in total. The summed E-state index contributed by atoms with van der Waals surface area (Å²) < 4.78 is 4.65. The molecule has 0 unspecified atom stereocenters. The zero-order valence-electron chi connectivity index (χ0n) is 16.3. The summed E-state index contributed by atoms with van der Waals surface area (Å²) >= 11 is 0. The lowest BCUT2D eigenvalue weighted by Gasteiger charge is -2.25. The third-order valence-electron chi connectivity index (χ3n) is 4.84. The maximum atomic E-state index is 13.0. The average molecular weight is 394 g/mol. The number of nitrogens with zero attached hydrogens (tertiary/aromatic N) is 1. The fraction of sp³-hybridized carbons (Fsp3) is 0.273. The van der Waals surface area contributed by atoms with Crippen molar-refractivity contribution in [2.24, 2.45) is 0 Å². The van der Waals surface area contributed by atoms with Crippen LogP contribution >= 0.6 is 0 Å². The summed E-state index contributed by atoms with van der Waals surface area (Å²) in [4.78, 5) is 51.2. The van der Waals surface area contributed by atoms with E-state index in [9.17, 15) is 19.2 Å². The fourth-order valence-corrected chi connectivity index (χ4v) is 3.30. The van der Waals surface area contributed by atoms with Crippen LogP contribution in [0.25, 0.3) is 0 Å². The van der Waals surface area contributed by atoms with E-state index in [1.807, 2.05) is 6.92 Å². The van der Waals surface area contributed by atoms with Gasteiger partial charge in [0.2, 0.25) is 5.91 Å². The smallest absolute Gasteiger partial charge is 0.337 e. The number of carbonyl (C=O) groups is 4. The lowest BCUT2D eigenvalue weighted by Crippen LogP contribution is -2.47. The summed E-state index contributed by atoms with van der Waals surface area (Å²) in [6.07, 6.45) is 1.88. The van der Waals surface area contributed by atoms with Gasteiger partial charge < -0.3 is 10.1 Å². The van der Waals surface area contributed by atoms with Crippen molar-refractivity contribution in [3.8, 4) is 0 Å². The molecule has 1 aliphatic rings. The Balaban J connectivity index is 1.82. The van der Waals surface area contributed by atoms with Gasteiger partial charge in [0.05, 0.1) is 23.8 Å². The molecule has 0 radical (unpaired) electrons. The first-order valence-corrected chi connectivity index (χ1v) is 9.44. The van der Waals surface area contributed by atoms with Crippen LogP contribution in [0, 0.1) is 0 Å². The molecule has 0 bridgehead atoms. The fourth-order valence-electron chi connectivity index (χ4n) is 3.30. The normalized spacial score (nSPS) is 13.8. The van der Waals surface area contributed by atoms with Crippen LogP contribution in [0.15, 0.2) is 48.5 Å². The molecule has 7 nitrogen and oxygen atoms in total. The minimum Gasteiger partial charge on any atom is -0.465 e. The van der Waals surface area contributed by atoms with Crippen molar-refractivity contribution in [1.29, 1.82) is 0 Å². The quantitative estimate of drug-likeness (QED) is 0.575. The lowest BCUT2D eigenvalue weighted by atomic mass is 10.1. The van der Waals surface area contributed by atoms with Gasteiger partial charge in [-0.25, -0.2) is 4.79 Å². The average Bonchev–Trinajstić information content (AvgIpc) is 2.99. The molecule has 0 aromatic heterocycles. The number of imide groups is 1. The van der Waals surface area contributed by atoms with Crippen molar-refractivity contribution in [2.45, 2.75) is 32.2 Å². The van der Waals surface area contributed by atoms with Gasteiger partial charge in [-0.15, -0.1) is 0 Å². The predicted octanol–water partition coefficient (Wildman–Crippen LogP) is 3.27. The molecule has 3 rings (SSSR count). The SMILES string of the molecule is CCCC[C@H](C(=O)Nc1ccc(C(=O)OC)cc1)N1C(=O)c2ccccc2C1=O. The molecule has 29 heavy (non-hydrogen) atoms. The molecule has 7 heteroatoms. The van der Waals surface area contributed by atoms with Crippen molar-refractivity contribution in [1.82, 2.24) is 4.90 Å². The highest BCUT2D eigenvalue weighted by Gasteiger charge is 2.42. The number of esters is 1. The van der Waals surface area contributed by atoms with E-state index < -0.39 is 29.7 Å². The van der Waals surface area contributed by atoms with Crippen LogP contribution in [0.1, 0.15) is 57.3 Å². The number of rotatable bonds is 7. The van der Waals surface area contributed by atoms with Crippen LogP contribution in [0.5, 0.6) is 0 Å². The Morgan fingerprint density at radius 3 is 2.10 bits per heavy atom. The number of unbranched alkanes of at least 4 members (excludes halogenated alkanes) is 1. The molecule has 0 aliphatic carbocycles. The Kier molecular flexibility index (Phi) is 6.07. The monoisotopic (exact) mass is 394 g/mol. The number of fused-ring (bicyclic) bond motifs is 1. The number of amides is 3. The summed E-state index contributed by atoms with van der Waals surface area (Å²) in [6.45, 7) is 1.98. The van der Waals surface area contributed by atoms with Gasteiger partial charge in [-0.05, 0) is 42.8 Å². The van der Waals surface area contributed by atoms with E-state index in [1.54, 1.807) is 36.4 Å². The highest BCUT2D eigenvalue weighted by molar-refractivity contribution is 6.23. The summed E-state index contributed by atoms with van der Waals surface area (Å²) in [5.74, 6) is -1.83. The number of hydrogen-bond donors (Lipinski definition) is 1. The zero-order valence-corrected chi connectivity index (χ0v) is 16.3. The topological polar surface area (TPSA) is 92.8 Å². The van der Waals surface area contributed by atoms with Crippen molar-refractivity contribution in [3.05, 3.63) is 65.2 Å². The zero-order chi connectivity index (χ0) is 21.0. The number of ether oxygens (including phenoxy) is 1. The molecule has 2 aromatic carbocycles. The summed E-state index contributed by atoms with van der Waals surface area (Å²) in [5, 5.41) is 2.74. The number of hydrogen-bond acceptors (Lipinski definition) is 5. The molecular weight excluding hydrogens is 372 g/mol. The summed E-state index contributed by atoms with van der Waals surface area (Å²) in [6, 6.07) is 11.9. The van der Waals surface area contributed by atoms with Crippen LogP contribution in [-0.4, -0.2) is 41.7 Å². The van der Waals surface area contributed by atoms with E-state index in [0.29, 0.717) is 35.2 Å². The highest BCUT2D eigenvalue weighted by Crippen LogP contribution is 2.27. The molecule has 0 spiro atoms. The molecule has 0 saturated heterocycles. The minimum atomic E-state index is -0.914. The second-order valence-electron chi connectivity index (χ2n) is 6.74. The lowest BCUT2D eigenvalue weighted by molar-refractivity contribution is -0.120. The van der Waals surface area contributed by atoms with E-state index in [1.165, 1.54) is 19.2 Å². The van der Waals surface area contributed by atoms with Crippen LogP contribution in [0.3, 0.4) is 0 Å². The van der Waals surface area contributed by atoms with E-state index in [2.05, 4.69) is 10.1 Å². The molecule has 1 heterocycles. The van der Waals surface area contributed by atoms with E-state index in [4.69, 9.17) is 0 Å². The molecule has 150 valence electrons. The Hall–Kier alpha value is -3.48. The Morgan fingerprint density at radius 2 is 1.59 bits per heavy atom. The summed E-state index contributed by atoms with van der Waals surface area (Å²) in [7, 11) is 1.29. The van der Waals surface area contributed by atoms with Gasteiger partial charge in [-0.3, -0.25) is 19.3 Å². The Bertz CT molecular complexity index is 917. The number of carbonyl (C=O) groups excluding carboxylic acids is 4. The number of methoxy groups -OCH3 is 1. The van der Waals surface area contributed by atoms with Gasteiger partial charge in [0.1, 0.15) is 6.04 Å². The van der Waals surface area contributed by atoms with Gasteiger partial charge in [-0.1, -0.05) is 31.9 Å². The van der Waals surface area contributed by atoms with Gasteiger partial charge in [0.15, 0.2) is 0 Å². The predicted molar refractivity (Wildman–Crippen MR) is 107 cm³/mol. The minimum absolute atomic E-state index is 0.314. The second kappa shape index (κ2) is 8.68. The van der Waals surface area contributed by atoms with Crippen LogP contribution < -0.4 is 5.32 Å². The third kappa shape index (κ3) is 4.03. The van der Waals surface area contributed by atoms with Crippen LogP contribution in [-0.2, 0) is 9.53 Å². The summed E-state index contributed by atoms with van der Waals surface area (Å²) in [5.41, 5.74) is 1.44. The van der Waals surface area contributed by atoms with E-state index >= 15 is 0 Å². The van der Waals surface area contributed by atoms with E-state index in [0.717, 1.165) is 11.3 Å². The van der Waals surface area contributed by atoms with Crippen LogP contribution in [0.4, 0.5) is 5.69 Å². The number of benzene rings is 2.